The van der Waals surface area contributed by atoms with Gasteiger partial charge in [0, 0.05) is 17.3 Å². The fourth-order valence-electron chi connectivity index (χ4n) is 3.11. The number of carbonyl (C=O) groups is 1. The van der Waals surface area contributed by atoms with Crippen molar-refractivity contribution in [2.24, 2.45) is 0 Å². The summed E-state index contributed by atoms with van der Waals surface area (Å²) in [5.41, 5.74) is 1.78. The predicted octanol–water partition coefficient (Wildman–Crippen LogP) is 4.17. The number of methoxy groups -OCH3 is 1. The van der Waals surface area contributed by atoms with Crippen LogP contribution in [0.25, 0.3) is 0 Å². The molecule has 0 aliphatic carbocycles. The predicted molar refractivity (Wildman–Crippen MR) is 92.5 cm³/mol. The van der Waals surface area contributed by atoms with Gasteiger partial charge in [0.15, 0.2) is 0 Å². The molecular formula is C19H19F3N2O2. The molecule has 0 saturated carbocycles. The quantitative estimate of drug-likeness (QED) is 0.859. The summed E-state index contributed by atoms with van der Waals surface area (Å²) in [5, 5.41) is 6.01. The lowest BCUT2D eigenvalue weighted by Gasteiger charge is -2.24. The Bertz CT molecular complexity index is 834. The minimum Gasteiger partial charge on any atom is -0.496 e. The van der Waals surface area contributed by atoms with E-state index in [1.807, 2.05) is 19.1 Å². The summed E-state index contributed by atoms with van der Waals surface area (Å²) >= 11 is 0. The molecule has 7 heteroatoms. The number of amides is 1. The number of benzene rings is 2. The minimum absolute atomic E-state index is 0.0815. The first-order valence-electron chi connectivity index (χ1n) is 8.22. The highest BCUT2D eigenvalue weighted by Gasteiger charge is 2.35. The molecule has 1 aliphatic rings. The van der Waals surface area contributed by atoms with E-state index in [1.165, 1.54) is 11.6 Å². The van der Waals surface area contributed by atoms with Crippen LogP contribution in [0, 0.1) is 0 Å². The fraction of sp³-hybridized carbons (Fsp3) is 0.316. The average molecular weight is 364 g/mol. The van der Waals surface area contributed by atoms with Crippen LogP contribution in [-0.2, 0) is 12.6 Å². The molecule has 1 unspecified atom stereocenters. The summed E-state index contributed by atoms with van der Waals surface area (Å²) in [6.07, 6.45) is -3.70. The number of fused-ring (bicyclic) bond motifs is 1. The first kappa shape index (κ1) is 18.3. The van der Waals surface area contributed by atoms with Gasteiger partial charge < -0.3 is 15.4 Å². The van der Waals surface area contributed by atoms with Crippen molar-refractivity contribution in [3.8, 4) is 5.75 Å². The Balaban J connectivity index is 1.86. The SMILES string of the molecule is COc1ccc(C(=O)Nc2ccc3c(c2)C(C)NCC3)cc1C(F)(F)F. The topological polar surface area (TPSA) is 50.4 Å². The van der Waals surface area contributed by atoms with Crippen molar-refractivity contribution in [1.82, 2.24) is 5.32 Å². The van der Waals surface area contributed by atoms with Crippen LogP contribution in [0.1, 0.15) is 40.0 Å². The van der Waals surface area contributed by atoms with Crippen molar-refractivity contribution in [3.63, 3.8) is 0 Å². The van der Waals surface area contributed by atoms with E-state index in [4.69, 9.17) is 4.74 Å². The maximum absolute atomic E-state index is 13.1. The van der Waals surface area contributed by atoms with Crippen LogP contribution in [0.2, 0.25) is 0 Å². The molecule has 1 aliphatic heterocycles. The summed E-state index contributed by atoms with van der Waals surface area (Å²) in [7, 11) is 1.16. The van der Waals surface area contributed by atoms with Crippen LogP contribution >= 0.6 is 0 Å². The summed E-state index contributed by atoms with van der Waals surface area (Å²) < 4.78 is 44.1. The van der Waals surface area contributed by atoms with Gasteiger partial charge in [-0.2, -0.15) is 13.2 Å². The Labute approximate surface area is 149 Å². The van der Waals surface area contributed by atoms with Crippen LogP contribution in [0.15, 0.2) is 36.4 Å². The largest absolute Gasteiger partial charge is 0.496 e. The number of nitrogens with one attached hydrogen (secondary N) is 2. The van der Waals surface area contributed by atoms with Gasteiger partial charge in [-0.3, -0.25) is 4.79 Å². The molecule has 26 heavy (non-hydrogen) atoms. The molecule has 2 N–H and O–H groups in total. The zero-order valence-electron chi connectivity index (χ0n) is 14.4. The van der Waals surface area contributed by atoms with E-state index >= 15 is 0 Å². The average Bonchev–Trinajstić information content (AvgIpc) is 2.61. The number of rotatable bonds is 3. The lowest BCUT2D eigenvalue weighted by Crippen LogP contribution is -2.27. The van der Waals surface area contributed by atoms with Gasteiger partial charge in [0.05, 0.1) is 12.7 Å². The van der Waals surface area contributed by atoms with Gasteiger partial charge in [-0.05, 0) is 61.3 Å². The van der Waals surface area contributed by atoms with E-state index in [2.05, 4.69) is 10.6 Å². The molecule has 0 saturated heterocycles. The van der Waals surface area contributed by atoms with Gasteiger partial charge in [0.1, 0.15) is 5.75 Å². The van der Waals surface area contributed by atoms with Gasteiger partial charge in [-0.15, -0.1) is 0 Å². The van der Waals surface area contributed by atoms with Crippen molar-refractivity contribution in [1.29, 1.82) is 0 Å². The second-order valence-corrected chi connectivity index (χ2v) is 6.21. The first-order valence-corrected chi connectivity index (χ1v) is 8.22. The summed E-state index contributed by atoms with van der Waals surface area (Å²) in [6, 6.07) is 8.99. The number of ether oxygens (including phenoxy) is 1. The Kier molecular flexibility index (Phi) is 4.91. The Morgan fingerprint density at radius 2 is 2.00 bits per heavy atom. The molecule has 1 atom stereocenters. The van der Waals surface area contributed by atoms with E-state index in [9.17, 15) is 18.0 Å². The minimum atomic E-state index is -4.60. The van der Waals surface area contributed by atoms with E-state index < -0.39 is 17.6 Å². The third kappa shape index (κ3) is 3.67. The normalized spacial score (nSPS) is 16.7. The molecule has 0 fully saturated rings. The van der Waals surface area contributed by atoms with Crippen molar-refractivity contribution in [2.45, 2.75) is 25.6 Å². The molecule has 3 rings (SSSR count). The van der Waals surface area contributed by atoms with Crippen molar-refractivity contribution in [2.75, 3.05) is 19.0 Å². The highest BCUT2D eigenvalue weighted by molar-refractivity contribution is 6.04. The smallest absolute Gasteiger partial charge is 0.419 e. The maximum atomic E-state index is 13.1. The van der Waals surface area contributed by atoms with Gasteiger partial charge in [0.25, 0.3) is 5.91 Å². The fourth-order valence-corrected chi connectivity index (χ4v) is 3.11. The van der Waals surface area contributed by atoms with Crippen molar-refractivity contribution >= 4 is 11.6 Å². The second kappa shape index (κ2) is 6.99. The number of carbonyl (C=O) groups excluding carboxylic acids is 1. The lowest BCUT2D eigenvalue weighted by molar-refractivity contribution is -0.138. The molecule has 0 radical (unpaired) electrons. The van der Waals surface area contributed by atoms with Gasteiger partial charge >= 0.3 is 6.18 Å². The molecule has 0 aromatic heterocycles. The zero-order chi connectivity index (χ0) is 18.9. The molecule has 2 aromatic carbocycles. The maximum Gasteiger partial charge on any atom is 0.419 e. The molecule has 1 amide bonds. The third-order valence-corrected chi connectivity index (χ3v) is 4.48. The van der Waals surface area contributed by atoms with E-state index in [0.717, 1.165) is 37.8 Å². The Hall–Kier alpha value is -2.54. The molecule has 4 nitrogen and oxygen atoms in total. The molecule has 138 valence electrons. The number of hydrogen-bond acceptors (Lipinski definition) is 3. The molecule has 2 aromatic rings. The number of anilines is 1. The van der Waals surface area contributed by atoms with Crippen LogP contribution < -0.4 is 15.4 Å². The lowest BCUT2D eigenvalue weighted by atomic mass is 9.95. The van der Waals surface area contributed by atoms with Crippen molar-refractivity contribution in [3.05, 3.63) is 58.7 Å². The Morgan fingerprint density at radius 3 is 2.69 bits per heavy atom. The highest BCUT2D eigenvalue weighted by atomic mass is 19.4. The molecule has 0 spiro atoms. The molecule has 0 bridgehead atoms. The molecule has 1 heterocycles. The number of halogens is 3. The summed E-state index contributed by atoms with van der Waals surface area (Å²) in [5.74, 6) is -0.919. The zero-order valence-corrected chi connectivity index (χ0v) is 14.4. The van der Waals surface area contributed by atoms with Gasteiger partial charge in [0.2, 0.25) is 0 Å². The van der Waals surface area contributed by atoms with Crippen LogP contribution in [0.4, 0.5) is 18.9 Å². The summed E-state index contributed by atoms with van der Waals surface area (Å²) in [6.45, 7) is 2.93. The van der Waals surface area contributed by atoms with Gasteiger partial charge in [-0.1, -0.05) is 6.07 Å². The molecular weight excluding hydrogens is 345 g/mol. The monoisotopic (exact) mass is 364 g/mol. The van der Waals surface area contributed by atoms with Crippen LogP contribution in [0.5, 0.6) is 5.75 Å². The van der Waals surface area contributed by atoms with E-state index in [1.54, 1.807) is 6.07 Å². The van der Waals surface area contributed by atoms with Crippen molar-refractivity contribution < 1.29 is 22.7 Å². The number of alkyl halides is 3. The number of hydrogen-bond donors (Lipinski definition) is 2. The van der Waals surface area contributed by atoms with Crippen LogP contribution in [0.3, 0.4) is 0 Å². The second-order valence-electron chi connectivity index (χ2n) is 6.21. The van der Waals surface area contributed by atoms with E-state index in [-0.39, 0.29) is 17.4 Å². The highest BCUT2D eigenvalue weighted by Crippen LogP contribution is 2.36. The Morgan fingerprint density at radius 1 is 1.23 bits per heavy atom. The van der Waals surface area contributed by atoms with E-state index in [0.29, 0.717) is 5.69 Å². The first-order chi connectivity index (χ1) is 12.3. The van der Waals surface area contributed by atoms with Gasteiger partial charge in [-0.25, -0.2) is 0 Å². The summed E-state index contributed by atoms with van der Waals surface area (Å²) in [4.78, 5) is 12.4. The third-order valence-electron chi connectivity index (χ3n) is 4.48. The van der Waals surface area contributed by atoms with Crippen LogP contribution in [-0.4, -0.2) is 19.6 Å². The standard InChI is InChI=1S/C19H19F3N2O2/c1-11-15-10-14(5-3-12(15)7-8-23-11)24-18(25)13-4-6-17(26-2)16(9-13)19(20,21)22/h3-6,9-11,23H,7-8H2,1-2H3,(H,24,25).